The van der Waals surface area contributed by atoms with Gasteiger partial charge >= 0.3 is 0 Å². The third-order valence-electron chi connectivity index (χ3n) is 4.67. The molecule has 0 aliphatic carbocycles. The Bertz CT molecular complexity index is 563. The highest BCUT2D eigenvalue weighted by Crippen LogP contribution is 2.27. The number of benzene rings is 1. The number of ether oxygens (including phenoxy) is 1. The van der Waals surface area contributed by atoms with Crippen LogP contribution in [-0.2, 0) is 9.53 Å². The minimum Gasteiger partial charge on any atom is -0.379 e. The molecule has 2 atom stereocenters. The second kappa shape index (κ2) is 9.78. The first-order chi connectivity index (χ1) is 12.2. The van der Waals surface area contributed by atoms with Crippen molar-refractivity contribution in [3.63, 3.8) is 0 Å². The summed E-state index contributed by atoms with van der Waals surface area (Å²) >= 11 is 8.33. The van der Waals surface area contributed by atoms with Gasteiger partial charge in [-0.2, -0.15) is 11.8 Å². The fraction of sp³-hybridized carbons (Fsp3) is 0.611. The fourth-order valence-corrected chi connectivity index (χ4v) is 4.54. The van der Waals surface area contributed by atoms with Crippen molar-refractivity contribution in [2.24, 2.45) is 0 Å². The van der Waals surface area contributed by atoms with Crippen LogP contribution in [0.3, 0.4) is 0 Å². The van der Waals surface area contributed by atoms with Gasteiger partial charge in [-0.1, -0.05) is 29.8 Å². The molecule has 1 aromatic carbocycles. The maximum absolute atomic E-state index is 12.4. The number of nitrogens with zero attached hydrogens (tertiary/aromatic N) is 1. The maximum atomic E-state index is 12.4. The predicted octanol–water partition coefficient (Wildman–Crippen LogP) is 1.92. The summed E-state index contributed by atoms with van der Waals surface area (Å²) in [5.41, 5.74) is 1.07. The molecule has 2 aliphatic heterocycles. The number of carbonyl (C=O) groups is 1. The summed E-state index contributed by atoms with van der Waals surface area (Å²) in [6.45, 7) is 4.70. The van der Waals surface area contributed by atoms with E-state index in [1.54, 1.807) is 0 Å². The van der Waals surface area contributed by atoms with E-state index in [0.717, 1.165) is 54.9 Å². The molecular weight excluding hydrogens is 358 g/mol. The summed E-state index contributed by atoms with van der Waals surface area (Å²) in [7, 11) is 0. The number of nitrogens with one attached hydrogen (secondary N) is 2. The van der Waals surface area contributed by atoms with Crippen LogP contribution >= 0.6 is 23.4 Å². The predicted molar refractivity (Wildman–Crippen MR) is 103 cm³/mol. The molecule has 0 radical (unpaired) electrons. The van der Waals surface area contributed by atoms with E-state index in [9.17, 15) is 4.79 Å². The van der Waals surface area contributed by atoms with Gasteiger partial charge in [-0.3, -0.25) is 9.69 Å². The zero-order chi connectivity index (χ0) is 17.5. The zero-order valence-electron chi connectivity index (χ0n) is 14.4. The van der Waals surface area contributed by atoms with Gasteiger partial charge in [0.15, 0.2) is 0 Å². The van der Waals surface area contributed by atoms with Crippen molar-refractivity contribution in [1.82, 2.24) is 15.5 Å². The van der Waals surface area contributed by atoms with E-state index in [0.29, 0.717) is 13.0 Å². The van der Waals surface area contributed by atoms with Crippen LogP contribution < -0.4 is 10.6 Å². The van der Waals surface area contributed by atoms with E-state index < -0.39 is 0 Å². The molecule has 3 rings (SSSR count). The Kier molecular flexibility index (Phi) is 7.43. The smallest absolute Gasteiger partial charge is 0.221 e. The summed E-state index contributed by atoms with van der Waals surface area (Å²) in [6.07, 6.45) is 0.533. The Morgan fingerprint density at radius 2 is 2.20 bits per heavy atom. The highest BCUT2D eigenvalue weighted by molar-refractivity contribution is 7.99. The van der Waals surface area contributed by atoms with Gasteiger partial charge in [-0.25, -0.2) is 0 Å². The fourth-order valence-electron chi connectivity index (χ4n) is 3.33. The van der Waals surface area contributed by atoms with Gasteiger partial charge in [0, 0.05) is 55.2 Å². The third kappa shape index (κ3) is 5.59. The van der Waals surface area contributed by atoms with Crippen LogP contribution in [0.15, 0.2) is 24.3 Å². The molecule has 138 valence electrons. The topological polar surface area (TPSA) is 53.6 Å². The lowest BCUT2D eigenvalue weighted by atomic mass is 10.0. The van der Waals surface area contributed by atoms with Gasteiger partial charge in [0.1, 0.15) is 0 Å². The molecule has 2 unspecified atom stereocenters. The molecule has 25 heavy (non-hydrogen) atoms. The van der Waals surface area contributed by atoms with Gasteiger partial charge in [0.05, 0.1) is 19.3 Å². The molecule has 0 spiro atoms. The van der Waals surface area contributed by atoms with Crippen LogP contribution in [0.2, 0.25) is 5.02 Å². The number of thioether (sulfide) groups is 1. The largest absolute Gasteiger partial charge is 0.379 e. The highest BCUT2D eigenvalue weighted by Gasteiger charge is 2.25. The van der Waals surface area contributed by atoms with Gasteiger partial charge in [-0.15, -0.1) is 0 Å². The Labute approximate surface area is 158 Å². The number of hydrogen-bond acceptors (Lipinski definition) is 5. The molecule has 1 amide bonds. The van der Waals surface area contributed by atoms with Gasteiger partial charge in [-0.05, 0) is 11.6 Å². The second-order valence-electron chi connectivity index (χ2n) is 6.42. The normalized spacial score (nSPS) is 23.2. The van der Waals surface area contributed by atoms with Crippen molar-refractivity contribution in [3.8, 4) is 0 Å². The zero-order valence-corrected chi connectivity index (χ0v) is 16.0. The Hall–Kier alpha value is -0.790. The van der Waals surface area contributed by atoms with E-state index in [1.165, 1.54) is 0 Å². The number of hydrogen-bond donors (Lipinski definition) is 2. The van der Waals surface area contributed by atoms with Gasteiger partial charge in [0.2, 0.25) is 5.91 Å². The van der Waals surface area contributed by atoms with E-state index in [2.05, 4.69) is 15.5 Å². The molecule has 1 aromatic rings. The van der Waals surface area contributed by atoms with Crippen LogP contribution in [0.5, 0.6) is 0 Å². The molecule has 5 nitrogen and oxygen atoms in total. The first-order valence-electron chi connectivity index (χ1n) is 8.88. The Balaban J connectivity index is 1.61. The van der Waals surface area contributed by atoms with Gasteiger partial charge < -0.3 is 15.4 Å². The molecule has 0 bridgehead atoms. The van der Waals surface area contributed by atoms with E-state index >= 15 is 0 Å². The van der Waals surface area contributed by atoms with Crippen LogP contribution in [-0.4, -0.2) is 67.7 Å². The minimum atomic E-state index is 0.0789. The average Bonchev–Trinajstić information content (AvgIpc) is 2.65. The van der Waals surface area contributed by atoms with Crippen LogP contribution in [0.25, 0.3) is 0 Å². The number of rotatable bonds is 6. The van der Waals surface area contributed by atoms with Crippen molar-refractivity contribution in [2.75, 3.05) is 50.9 Å². The summed E-state index contributed by atoms with van der Waals surface area (Å²) in [5, 5.41) is 7.28. The lowest BCUT2D eigenvalue weighted by Gasteiger charge is -2.35. The number of carbonyl (C=O) groups excluding carboxylic acids is 1. The molecule has 0 saturated carbocycles. The van der Waals surface area contributed by atoms with E-state index in [-0.39, 0.29) is 18.0 Å². The Morgan fingerprint density at radius 1 is 1.40 bits per heavy atom. The summed E-state index contributed by atoms with van der Waals surface area (Å²) in [6, 6.07) is 8.26. The lowest BCUT2D eigenvalue weighted by Crippen LogP contribution is -2.45. The maximum Gasteiger partial charge on any atom is 0.221 e. The van der Waals surface area contributed by atoms with Gasteiger partial charge in [0.25, 0.3) is 0 Å². The molecule has 2 heterocycles. The van der Waals surface area contributed by atoms with Crippen molar-refractivity contribution in [1.29, 1.82) is 0 Å². The van der Waals surface area contributed by atoms with Crippen molar-refractivity contribution in [2.45, 2.75) is 18.5 Å². The summed E-state index contributed by atoms with van der Waals surface area (Å²) in [4.78, 5) is 14.7. The van der Waals surface area contributed by atoms with Crippen LogP contribution in [0.4, 0.5) is 0 Å². The molecular formula is C18H26ClN3O2S. The van der Waals surface area contributed by atoms with Crippen molar-refractivity contribution in [3.05, 3.63) is 34.9 Å². The lowest BCUT2D eigenvalue weighted by molar-refractivity contribution is -0.121. The van der Waals surface area contributed by atoms with Crippen LogP contribution in [0.1, 0.15) is 18.0 Å². The first kappa shape index (κ1) is 19.0. The summed E-state index contributed by atoms with van der Waals surface area (Å²) in [5.74, 6) is 2.24. The molecule has 2 N–H and O–H groups in total. The molecule has 2 saturated heterocycles. The van der Waals surface area contributed by atoms with Crippen LogP contribution in [0, 0.1) is 0 Å². The highest BCUT2D eigenvalue weighted by atomic mass is 35.5. The number of amides is 1. The number of halogens is 1. The molecule has 0 aromatic heterocycles. The molecule has 2 fully saturated rings. The SMILES string of the molecule is O=C(CC1CSCCN1)NCC(c1ccccc1Cl)N1CCOCC1. The number of morpholine rings is 1. The molecule has 7 heteroatoms. The quantitative estimate of drug-likeness (QED) is 0.786. The Morgan fingerprint density at radius 3 is 2.92 bits per heavy atom. The van der Waals surface area contributed by atoms with E-state index in [1.807, 2.05) is 36.0 Å². The van der Waals surface area contributed by atoms with E-state index in [4.69, 9.17) is 16.3 Å². The summed E-state index contributed by atoms with van der Waals surface area (Å²) < 4.78 is 5.47. The standard InChI is InChI=1S/C18H26ClN3O2S/c19-16-4-2-1-3-15(16)17(22-6-8-24-9-7-22)12-21-18(23)11-14-13-25-10-5-20-14/h1-4,14,17,20H,5-13H2,(H,21,23). The van der Waals surface area contributed by atoms with Crippen molar-refractivity contribution >= 4 is 29.3 Å². The second-order valence-corrected chi connectivity index (χ2v) is 7.98. The average molecular weight is 384 g/mol. The third-order valence-corrected chi connectivity index (χ3v) is 6.15. The monoisotopic (exact) mass is 383 g/mol. The minimum absolute atomic E-state index is 0.0789. The first-order valence-corrected chi connectivity index (χ1v) is 10.4. The van der Waals surface area contributed by atoms with Crippen molar-refractivity contribution < 1.29 is 9.53 Å². The molecule has 2 aliphatic rings.